The molecule has 0 aliphatic carbocycles. The van der Waals surface area contributed by atoms with Crippen LogP contribution in [0.25, 0.3) is 10.8 Å². The largest absolute Gasteiger partial charge is 0.484 e. The average molecular weight is 495 g/mol. The van der Waals surface area contributed by atoms with Gasteiger partial charge in [-0.25, -0.2) is 8.42 Å². The van der Waals surface area contributed by atoms with Gasteiger partial charge >= 0.3 is 0 Å². The first-order chi connectivity index (χ1) is 16.4. The topological polar surface area (TPSA) is 101 Å². The number of sulfonamides is 1. The van der Waals surface area contributed by atoms with E-state index in [1.807, 2.05) is 42.5 Å². The molecule has 0 saturated heterocycles. The molecule has 10 heteroatoms. The Morgan fingerprint density at radius 3 is 2.71 bits per heavy atom. The number of aryl methyl sites for hydroxylation is 2. The molecule has 4 aromatic rings. The Balaban J connectivity index is 1.31. The van der Waals surface area contributed by atoms with E-state index in [2.05, 4.69) is 14.9 Å². The number of anilines is 2. The van der Waals surface area contributed by atoms with E-state index in [9.17, 15) is 13.2 Å². The lowest BCUT2D eigenvalue weighted by Crippen LogP contribution is -2.38. The lowest BCUT2D eigenvalue weighted by molar-refractivity contribution is -0.120. The Kier molecular flexibility index (Phi) is 5.93. The summed E-state index contributed by atoms with van der Waals surface area (Å²) in [5.74, 6) is 0.455. The Morgan fingerprint density at radius 1 is 1.09 bits per heavy atom. The minimum Gasteiger partial charge on any atom is -0.484 e. The summed E-state index contributed by atoms with van der Waals surface area (Å²) in [6.45, 7) is 2.21. The summed E-state index contributed by atoms with van der Waals surface area (Å²) in [7, 11) is -3.81. The first-order valence-electron chi connectivity index (χ1n) is 10.8. The number of nitrogens with one attached hydrogen (secondary N) is 1. The number of hydrogen-bond acceptors (Lipinski definition) is 7. The first kappa shape index (κ1) is 22.3. The van der Waals surface area contributed by atoms with Crippen LogP contribution in [0, 0.1) is 6.92 Å². The standard InChI is InChI=1S/C24H22N4O4S2/c1-16-25-26-24(33-16)27-34(30,31)21-10-11-22-19(14-21)7-4-12-28(22)23(29)15-32-20-9-8-17-5-2-3-6-18(17)13-20/h2-3,5-6,8-11,13-14H,4,7,12,15H2,1H3,(H,26,27). The summed E-state index contributed by atoms with van der Waals surface area (Å²) in [5.41, 5.74) is 1.52. The van der Waals surface area contributed by atoms with Gasteiger partial charge in [0.05, 0.1) is 4.90 Å². The minimum atomic E-state index is -3.81. The van der Waals surface area contributed by atoms with Crippen molar-refractivity contribution in [2.75, 3.05) is 22.8 Å². The Hall–Kier alpha value is -3.50. The summed E-state index contributed by atoms with van der Waals surface area (Å²) in [4.78, 5) is 14.8. The van der Waals surface area contributed by atoms with E-state index >= 15 is 0 Å². The van der Waals surface area contributed by atoms with Crippen molar-refractivity contribution in [3.8, 4) is 5.75 Å². The highest BCUT2D eigenvalue weighted by molar-refractivity contribution is 7.93. The van der Waals surface area contributed by atoms with Crippen molar-refractivity contribution in [1.29, 1.82) is 0 Å². The van der Waals surface area contributed by atoms with E-state index in [0.717, 1.165) is 22.8 Å². The Bertz CT molecular complexity index is 1480. The van der Waals surface area contributed by atoms with Crippen molar-refractivity contribution >= 4 is 48.9 Å². The zero-order valence-corrected chi connectivity index (χ0v) is 20.0. The monoisotopic (exact) mass is 494 g/mol. The number of hydrogen-bond donors (Lipinski definition) is 1. The van der Waals surface area contributed by atoms with Crippen LogP contribution in [0.4, 0.5) is 10.8 Å². The summed E-state index contributed by atoms with van der Waals surface area (Å²) < 4.78 is 33.8. The van der Waals surface area contributed by atoms with E-state index in [-0.39, 0.29) is 22.5 Å². The second kappa shape index (κ2) is 9.03. The summed E-state index contributed by atoms with van der Waals surface area (Å²) >= 11 is 1.17. The van der Waals surface area contributed by atoms with Crippen LogP contribution in [-0.2, 0) is 21.2 Å². The predicted molar refractivity (Wildman–Crippen MR) is 132 cm³/mol. The first-order valence-corrected chi connectivity index (χ1v) is 13.1. The molecule has 5 rings (SSSR count). The van der Waals surface area contributed by atoms with Crippen LogP contribution in [0.5, 0.6) is 5.75 Å². The molecule has 0 saturated carbocycles. The van der Waals surface area contributed by atoms with Gasteiger partial charge in [0, 0.05) is 12.2 Å². The van der Waals surface area contributed by atoms with E-state index < -0.39 is 10.0 Å². The fourth-order valence-electron chi connectivity index (χ4n) is 3.99. The lowest BCUT2D eigenvalue weighted by Gasteiger charge is -2.29. The number of carbonyl (C=O) groups is 1. The molecule has 8 nitrogen and oxygen atoms in total. The maximum Gasteiger partial charge on any atom is 0.264 e. The zero-order chi connectivity index (χ0) is 23.7. The molecular weight excluding hydrogens is 472 g/mol. The highest BCUT2D eigenvalue weighted by Gasteiger charge is 2.25. The van der Waals surface area contributed by atoms with Crippen LogP contribution >= 0.6 is 11.3 Å². The summed E-state index contributed by atoms with van der Waals surface area (Å²) in [6.07, 6.45) is 1.42. The zero-order valence-electron chi connectivity index (χ0n) is 18.4. The molecule has 2 heterocycles. The van der Waals surface area contributed by atoms with E-state index in [0.29, 0.717) is 29.4 Å². The summed E-state index contributed by atoms with van der Waals surface area (Å²) in [5, 5.41) is 10.7. The second-order valence-electron chi connectivity index (χ2n) is 7.97. The molecule has 1 aromatic heterocycles. The quantitative estimate of drug-likeness (QED) is 0.432. The number of nitrogens with zero attached hydrogens (tertiary/aromatic N) is 3. The highest BCUT2D eigenvalue weighted by Crippen LogP contribution is 2.31. The van der Waals surface area contributed by atoms with Gasteiger partial charge in [0.15, 0.2) is 6.61 Å². The number of amides is 1. The third-order valence-corrected chi connectivity index (χ3v) is 7.83. The van der Waals surface area contributed by atoms with E-state index in [1.165, 1.54) is 17.4 Å². The van der Waals surface area contributed by atoms with Gasteiger partial charge in [-0.2, -0.15) is 0 Å². The predicted octanol–water partition coefficient (Wildman–Crippen LogP) is 4.16. The Labute approximate surface area is 201 Å². The number of carbonyl (C=O) groups excluding carboxylic acids is 1. The van der Waals surface area contributed by atoms with Crippen molar-refractivity contribution < 1.29 is 17.9 Å². The van der Waals surface area contributed by atoms with Gasteiger partial charge in [-0.15, -0.1) is 10.2 Å². The molecule has 1 N–H and O–H groups in total. The van der Waals surface area contributed by atoms with Crippen molar-refractivity contribution in [3.63, 3.8) is 0 Å². The molecule has 1 aliphatic heterocycles. The van der Waals surface area contributed by atoms with Crippen LogP contribution in [0.2, 0.25) is 0 Å². The molecule has 0 spiro atoms. The third-order valence-electron chi connectivity index (χ3n) is 5.61. The Morgan fingerprint density at radius 2 is 1.91 bits per heavy atom. The molecule has 0 fully saturated rings. The van der Waals surface area contributed by atoms with Gasteiger partial charge < -0.3 is 9.64 Å². The average Bonchev–Trinajstić information content (AvgIpc) is 3.25. The van der Waals surface area contributed by atoms with Gasteiger partial charge in [-0.05, 0) is 66.4 Å². The van der Waals surface area contributed by atoms with Crippen molar-refractivity contribution in [1.82, 2.24) is 10.2 Å². The number of ether oxygens (including phenoxy) is 1. The van der Waals surface area contributed by atoms with Gasteiger partial charge in [-0.3, -0.25) is 9.52 Å². The highest BCUT2D eigenvalue weighted by atomic mass is 32.2. The molecule has 174 valence electrons. The summed E-state index contributed by atoms with van der Waals surface area (Å²) in [6, 6.07) is 18.5. The van der Waals surface area contributed by atoms with Gasteiger partial charge in [0.1, 0.15) is 10.8 Å². The van der Waals surface area contributed by atoms with Crippen molar-refractivity contribution in [2.24, 2.45) is 0 Å². The molecule has 0 radical (unpaired) electrons. The van der Waals surface area contributed by atoms with Crippen molar-refractivity contribution in [3.05, 3.63) is 71.2 Å². The maximum atomic E-state index is 13.0. The van der Waals surface area contributed by atoms with Crippen LogP contribution in [0.15, 0.2) is 65.6 Å². The fourth-order valence-corrected chi connectivity index (χ4v) is 5.86. The van der Waals surface area contributed by atoms with Crippen LogP contribution in [0.3, 0.4) is 0 Å². The third kappa shape index (κ3) is 4.59. The van der Waals surface area contributed by atoms with Gasteiger partial charge in [0.2, 0.25) is 5.13 Å². The van der Waals surface area contributed by atoms with Gasteiger partial charge in [0.25, 0.3) is 15.9 Å². The maximum absolute atomic E-state index is 13.0. The molecule has 0 atom stereocenters. The molecule has 0 unspecified atom stereocenters. The smallest absolute Gasteiger partial charge is 0.264 e. The molecule has 1 aliphatic rings. The van der Waals surface area contributed by atoms with E-state index in [1.54, 1.807) is 24.0 Å². The van der Waals surface area contributed by atoms with E-state index in [4.69, 9.17) is 4.74 Å². The molecule has 1 amide bonds. The number of rotatable bonds is 6. The normalized spacial score (nSPS) is 13.5. The molecule has 0 bridgehead atoms. The molecule has 34 heavy (non-hydrogen) atoms. The van der Waals surface area contributed by atoms with Crippen LogP contribution < -0.4 is 14.4 Å². The van der Waals surface area contributed by atoms with Gasteiger partial charge in [-0.1, -0.05) is 41.7 Å². The lowest BCUT2D eigenvalue weighted by atomic mass is 10.0. The number of benzene rings is 3. The van der Waals surface area contributed by atoms with Crippen LogP contribution in [-0.4, -0.2) is 37.7 Å². The molecular formula is C24H22N4O4S2. The van der Waals surface area contributed by atoms with Crippen LogP contribution in [0.1, 0.15) is 17.0 Å². The van der Waals surface area contributed by atoms with Crippen molar-refractivity contribution in [2.45, 2.75) is 24.7 Å². The number of fused-ring (bicyclic) bond motifs is 2. The number of aromatic nitrogens is 2. The SMILES string of the molecule is Cc1nnc(NS(=O)(=O)c2ccc3c(c2)CCCN3C(=O)COc2ccc3ccccc3c2)s1. The molecule has 3 aromatic carbocycles. The minimum absolute atomic E-state index is 0.101. The fraction of sp³-hybridized carbons (Fsp3) is 0.208. The second-order valence-corrected chi connectivity index (χ2v) is 10.8.